The maximum Gasteiger partial charge on any atom is 0.229 e. The molecule has 1 heterocycles. The SMILES string of the molecule is COc1ccc(OCCNc2cc(C)nc(Nc3ccc(N(C)C)cc3)n2)cc1. The molecule has 0 spiro atoms. The lowest BCUT2D eigenvalue weighted by molar-refractivity contribution is 0.331. The predicted molar refractivity (Wildman–Crippen MR) is 118 cm³/mol. The topological polar surface area (TPSA) is 71.5 Å². The summed E-state index contributed by atoms with van der Waals surface area (Å²) in [5.74, 6) is 2.92. The first-order chi connectivity index (χ1) is 14.0. The molecule has 2 aromatic carbocycles. The zero-order valence-corrected chi connectivity index (χ0v) is 17.3. The number of nitrogens with zero attached hydrogens (tertiary/aromatic N) is 3. The maximum atomic E-state index is 5.73. The molecular formula is C22H27N5O2. The van der Waals surface area contributed by atoms with Gasteiger partial charge in [0.05, 0.1) is 13.7 Å². The highest BCUT2D eigenvalue weighted by molar-refractivity contribution is 5.59. The number of aryl methyl sites for hydroxylation is 1. The first-order valence-electron chi connectivity index (χ1n) is 9.44. The third kappa shape index (κ3) is 6.00. The van der Waals surface area contributed by atoms with Crippen LogP contribution in [0.1, 0.15) is 5.69 Å². The molecule has 0 saturated heterocycles. The molecule has 0 fully saturated rings. The van der Waals surface area contributed by atoms with Crippen molar-refractivity contribution in [2.45, 2.75) is 6.92 Å². The van der Waals surface area contributed by atoms with Gasteiger partial charge in [-0.1, -0.05) is 0 Å². The number of ether oxygens (including phenoxy) is 2. The lowest BCUT2D eigenvalue weighted by Gasteiger charge is -2.14. The summed E-state index contributed by atoms with van der Waals surface area (Å²) in [5, 5.41) is 6.54. The van der Waals surface area contributed by atoms with Gasteiger partial charge in [-0.25, -0.2) is 4.98 Å². The third-order valence-electron chi connectivity index (χ3n) is 4.23. The van der Waals surface area contributed by atoms with Crippen molar-refractivity contribution >= 4 is 23.1 Å². The zero-order valence-electron chi connectivity index (χ0n) is 17.3. The minimum absolute atomic E-state index is 0.518. The molecule has 0 saturated carbocycles. The van der Waals surface area contributed by atoms with Crippen molar-refractivity contribution in [3.63, 3.8) is 0 Å². The Balaban J connectivity index is 1.54. The minimum atomic E-state index is 0.518. The van der Waals surface area contributed by atoms with E-state index in [1.807, 2.05) is 75.6 Å². The van der Waals surface area contributed by atoms with Gasteiger partial charge in [-0.15, -0.1) is 0 Å². The van der Waals surface area contributed by atoms with Crippen LogP contribution in [0.4, 0.5) is 23.1 Å². The largest absolute Gasteiger partial charge is 0.497 e. The van der Waals surface area contributed by atoms with E-state index in [4.69, 9.17) is 9.47 Å². The Bertz CT molecular complexity index is 911. The van der Waals surface area contributed by atoms with Crippen molar-refractivity contribution < 1.29 is 9.47 Å². The molecular weight excluding hydrogens is 366 g/mol. The van der Waals surface area contributed by atoms with Gasteiger partial charge >= 0.3 is 0 Å². The summed E-state index contributed by atoms with van der Waals surface area (Å²) in [4.78, 5) is 11.1. The molecule has 29 heavy (non-hydrogen) atoms. The normalized spacial score (nSPS) is 10.3. The number of aromatic nitrogens is 2. The zero-order chi connectivity index (χ0) is 20.6. The van der Waals surface area contributed by atoms with Crippen LogP contribution in [0.2, 0.25) is 0 Å². The van der Waals surface area contributed by atoms with Gasteiger partial charge in [0.2, 0.25) is 5.95 Å². The van der Waals surface area contributed by atoms with E-state index in [0.29, 0.717) is 19.1 Å². The molecule has 0 aliphatic heterocycles. The summed E-state index contributed by atoms with van der Waals surface area (Å²) < 4.78 is 10.9. The second-order valence-electron chi connectivity index (χ2n) is 6.74. The average Bonchev–Trinajstić information content (AvgIpc) is 2.72. The van der Waals surface area contributed by atoms with Crippen LogP contribution in [0.15, 0.2) is 54.6 Å². The summed E-state index contributed by atoms with van der Waals surface area (Å²) in [7, 11) is 5.68. The van der Waals surface area contributed by atoms with Gasteiger partial charge in [-0.3, -0.25) is 0 Å². The molecule has 0 radical (unpaired) electrons. The van der Waals surface area contributed by atoms with Crippen LogP contribution in [0.5, 0.6) is 11.5 Å². The van der Waals surface area contributed by atoms with Gasteiger partial charge in [0.1, 0.15) is 23.9 Å². The van der Waals surface area contributed by atoms with E-state index < -0.39 is 0 Å². The molecule has 0 aliphatic carbocycles. The second-order valence-corrected chi connectivity index (χ2v) is 6.74. The molecule has 3 aromatic rings. The molecule has 3 rings (SSSR count). The molecule has 0 atom stereocenters. The van der Waals surface area contributed by atoms with Gasteiger partial charge in [0.15, 0.2) is 0 Å². The van der Waals surface area contributed by atoms with Crippen LogP contribution in [-0.4, -0.2) is 44.3 Å². The fourth-order valence-electron chi connectivity index (χ4n) is 2.71. The number of benzene rings is 2. The fraction of sp³-hybridized carbons (Fsp3) is 0.273. The number of hydrogen-bond acceptors (Lipinski definition) is 7. The smallest absolute Gasteiger partial charge is 0.229 e. The summed E-state index contributed by atoms with van der Waals surface area (Å²) in [5.41, 5.74) is 2.96. The highest BCUT2D eigenvalue weighted by atomic mass is 16.5. The molecule has 1 aromatic heterocycles. The number of hydrogen-bond donors (Lipinski definition) is 2. The van der Waals surface area contributed by atoms with Crippen LogP contribution in [-0.2, 0) is 0 Å². The first kappa shape index (κ1) is 20.3. The molecule has 152 valence electrons. The molecule has 7 nitrogen and oxygen atoms in total. The minimum Gasteiger partial charge on any atom is -0.497 e. The Kier molecular flexibility index (Phi) is 6.73. The van der Waals surface area contributed by atoms with E-state index in [1.54, 1.807) is 7.11 Å². The molecule has 0 amide bonds. The summed E-state index contributed by atoms with van der Waals surface area (Å²) in [6.45, 7) is 3.09. The van der Waals surface area contributed by atoms with Gasteiger partial charge in [-0.05, 0) is 55.5 Å². The number of nitrogens with one attached hydrogen (secondary N) is 2. The molecule has 2 N–H and O–H groups in total. The Morgan fingerprint density at radius 3 is 2.28 bits per heavy atom. The van der Waals surface area contributed by atoms with Crippen LogP contribution in [0.3, 0.4) is 0 Å². The standard InChI is InChI=1S/C22H27N5O2/c1-16-15-21(23-13-14-29-20-11-9-19(28-4)10-12-20)26-22(24-16)25-17-5-7-18(8-6-17)27(2)3/h5-12,15H,13-14H2,1-4H3,(H2,23,24,25,26). The third-order valence-corrected chi connectivity index (χ3v) is 4.23. The maximum absolute atomic E-state index is 5.73. The summed E-state index contributed by atoms with van der Waals surface area (Å²) in [6.07, 6.45) is 0. The van der Waals surface area contributed by atoms with E-state index >= 15 is 0 Å². The van der Waals surface area contributed by atoms with Crippen LogP contribution in [0, 0.1) is 6.92 Å². The van der Waals surface area contributed by atoms with E-state index in [-0.39, 0.29) is 0 Å². The molecule has 7 heteroatoms. The van der Waals surface area contributed by atoms with Gasteiger partial charge in [0, 0.05) is 37.2 Å². The predicted octanol–water partition coefficient (Wildman–Crippen LogP) is 4.09. The highest BCUT2D eigenvalue weighted by Gasteiger charge is 2.04. The number of rotatable bonds is 9. The van der Waals surface area contributed by atoms with Crippen molar-refractivity contribution in [2.75, 3.05) is 49.9 Å². The van der Waals surface area contributed by atoms with Crippen LogP contribution < -0.4 is 25.0 Å². The van der Waals surface area contributed by atoms with E-state index in [9.17, 15) is 0 Å². The van der Waals surface area contributed by atoms with Crippen molar-refractivity contribution in [3.05, 3.63) is 60.3 Å². The second kappa shape index (κ2) is 9.64. The van der Waals surface area contributed by atoms with Crippen LogP contribution >= 0.6 is 0 Å². The van der Waals surface area contributed by atoms with Gasteiger partial charge in [0.25, 0.3) is 0 Å². The Labute approximate surface area is 171 Å². The van der Waals surface area contributed by atoms with Crippen molar-refractivity contribution in [1.29, 1.82) is 0 Å². The Hall–Kier alpha value is -3.48. The quantitative estimate of drug-likeness (QED) is 0.531. The van der Waals surface area contributed by atoms with E-state index in [2.05, 4.69) is 25.5 Å². The summed E-state index contributed by atoms with van der Waals surface area (Å²) >= 11 is 0. The van der Waals surface area contributed by atoms with Gasteiger partial charge < -0.3 is 25.0 Å². The summed E-state index contributed by atoms with van der Waals surface area (Å²) in [6, 6.07) is 17.6. The molecule has 0 unspecified atom stereocenters. The van der Waals surface area contributed by atoms with E-state index in [0.717, 1.165) is 34.4 Å². The van der Waals surface area contributed by atoms with Crippen molar-refractivity contribution in [3.8, 4) is 11.5 Å². The van der Waals surface area contributed by atoms with Crippen molar-refractivity contribution in [1.82, 2.24) is 9.97 Å². The fourth-order valence-corrected chi connectivity index (χ4v) is 2.71. The van der Waals surface area contributed by atoms with Gasteiger partial charge in [-0.2, -0.15) is 4.98 Å². The van der Waals surface area contributed by atoms with E-state index in [1.165, 1.54) is 0 Å². The Morgan fingerprint density at radius 1 is 0.931 bits per heavy atom. The Morgan fingerprint density at radius 2 is 1.62 bits per heavy atom. The first-order valence-corrected chi connectivity index (χ1v) is 9.44. The number of methoxy groups -OCH3 is 1. The van der Waals surface area contributed by atoms with Crippen LogP contribution in [0.25, 0.3) is 0 Å². The average molecular weight is 393 g/mol. The number of anilines is 4. The lowest BCUT2D eigenvalue weighted by atomic mass is 10.2. The van der Waals surface area contributed by atoms with Crippen molar-refractivity contribution in [2.24, 2.45) is 0 Å². The monoisotopic (exact) mass is 393 g/mol. The lowest BCUT2D eigenvalue weighted by Crippen LogP contribution is -2.13. The molecule has 0 bridgehead atoms. The highest BCUT2D eigenvalue weighted by Crippen LogP contribution is 2.20. The molecule has 0 aliphatic rings.